The van der Waals surface area contributed by atoms with Crippen LogP contribution in [0.25, 0.3) is 0 Å². The Labute approximate surface area is 233 Å². The topological polar surface area (TPSA) is 87.7 Å². The van der Waals surface area contributed by atoms with Gasteiger partial charge in [-0.25, -0.2) is 0 Å². The molecule has 204 valence electrons. The normalized spacial score (nSPS) is 30.3. The number of benzene rings is 2. The summed E-state index contributed by atoms with van der Waals surface area (Å²) in [4.78, 5) is 43.7. The van der Waals surface area contributed by atoms with Gasteiger partial charge in [0.05, 0.1) is 24.0 Å². The van der Waals surface area contributed by atoms with Crippen molar-refractivity contribution in [3.8, 4) is 0 Å². The van der Waals surface area contributed by atoms with E-state index in [-0.39, 0.29) is 29.8 Å². The Morgan fingerprint density at radius 3 is 2.54 bits per heavy atom. The van der Waals surface area contributed by atoms with Gasteiger partial charge in [-0.1, -0.05) is 79.4 Å². The number of hydrogen-bond acceptors (Lipinski definition) is 4. The van der Waals surface area contributed by atoms with Crippen LogP contribution in [0.5, 0.6) is 0 Å². The van der Waals surface area contributed by atoms with Gasteiger partial charge in [0.25, 0.3) is 0 Å². The van der Waals surface area contributed by atoms with E-state index < -0.39 is 29.6 Å². The zero-order chi connectivity index (χ0) is 27.3. The summed E-state index contributed by atoms with van der Waals surface area (Å²) < 4.78 is 6.49. The highest BCUT2D eigenvalue weighted by Gasteiger charge is 2.73. The molecule has 7 nitrogen and oxygen atoms in total. The van der Waals surface area contributed by atoms with E-state index in [2.05, 4.69) is 10.6 Å². The number of fused-ring (bicyclic) bond motifs is 1. The van der Waals surface area contributed by atoms with E-state index >= 15 is 0 Å². The number of nitrogens with zero attached hydrogens (tertiary/aromatic N) is 1. The molecule has 2 saturated heterocycles. The van der Waals surface area contributed by atoms with Gasteiger partial charge in [0.2, 0.25) is 17.7 Å². The maximum Gasteiger partial charge on any atom is 0.246 e. The molecule has 3 amide bonds. The van der Waals surface area contributed by atoms with Crippen molar-refractivity contribution >= 4 is 35.0 Å². The van der Waals surface area contributed by atoms with Crippen LogP contribution in [0.15, 0.2) is 60.7 Å². The molecule has 0 unspecified atom stereocenters. The summed E-state index contributed by atoms with van der Waals surface area (Å²) in [5.41, 5.74) is 1.19. The van der Waals surface area contributed by atoms with Crippen LogP contribution in [0, 0.1) is 18.8 Å². The second-order valence-corrected chi connectivity index (χ2v) is 11.7. The van der Waals surface area contributed by atoms with Crippen LogP contribution in [0.3, 0.4) is 0 Å². The van der Waals surface area contributed by atoms with Gasteiger partial charge < -0.3 is 20.3 Å². The second-order valence-electron chi connectivity index (χ2n) is 11.3. The van der Waals surface area contributed by atoms with Crippen LogP contribution in [0.4, 0.5) is 5.69 Å². The minimum Gasteiger partial charge on any atom is -0.359 e. The Morgan fingerprint density at radius 2 is 1.82 bits per heavy atom. The summed E-state index contributed by atoms with van der Waals surface area (Å²) in [5.74, 6) is -2.33. The highest BCUT2D eigenvalue weighted by atomic mass is 35.5. The van der Waals surface area contributed by atoms with Crippen molar-refractivity contribution in [2.45, 2.75) is 75.8 Å². The van der Waals surface area contributed by atoms with Crippen molar-refractivity contribution in [2.75, 3.05) is 5.32 Å². The highest BCUT2D eigenvalue weighted by Crippen LogP contribution is 2.56. The van der Waals surface area contributed by atoms with E-state index in [9.17, 15) is 14.4 Å². The lowest BCUT2D eigenvalue weighted by Crippen LogP contribution is -2.56. The first-order valence-electron chi connectivity index (χ1n) is 13.9. The molecule has 3 heterocycles. The van der Waals surface area contributed by atoms with Crippen LogP contribution < -0.4 is 10.6 Å². The fourth-order valence-corrected chi connectivity index (χ4v) is 7.12. The minimum absolute atomic E-state index is 0.0821. The Bertz CT molecular complexity index is 1320. The van der Waals surface area contributed by atoms with E-state index in [4.69, 9.17) is 16.3 Å². The third-order valence-electron chi connectivity index (χ3n) is 8.95. The van der Waals surface area contributed by atoms with Crippen LogP contribution in [-0.2, 0) is 19.1 Å². The number of ether oxygens (including phenoxy) is 1. The molecule has 1 spiro atoms. The summed E-state index contributed by atoms with van der Waals surface area (Å²) in [6.07, 6.45) is 8.31. The van der Waals surface area contributed by atoms with Crippen LogP contribution in [-0.4, -0.2) is 46.4 Å². The number of anilines is 1. The maximum absolute atomic E-state index is 14.3. The zero-order valence-corrected chi connectivity index (χ0v) is 23.0. The molecule has 1 saturated carbocycles. The van der Waals surface area contributed by atoms with Crippen molar-refractivity contribution in [2.24, 2.45) is 11.8 Å². The molecule has 8 heteroatoms. The molecule has 0 aromatic heterocycles. The Hall–Kier alpha value is -3.16. The van der Waals surface area contributed by atoms with Gasteiger partial charge in [-0.2, -0.15) is 0 Å². The number of likely N-dealkylation sites (tertiary alicyclic amines) is 1. The first-order valence-corrected chi connectivity index (χ1v) is 14.3. The third kappa shape index (κ3) is 4.36. The predicted molar refractivity (Wildman–Crippen MR) is 149 cm³/mol. The summed E-state index contributed by atoms with van der Waals surface area (Å²) >= 11 is 6.28. The number of carbonyl (C=O) groups excluding carboxylic acids is 3. The lowest BCUT2D eigenvalue weighted by atomic mass is 9.74. The van der Waals surface area contributed by atoms with Crippen molar-refractivity contribution in [1.82, 2.24) is 10.2 Å². The summed E-state index contributed by atoms with van der Waals surface area (Å²) in [6.45, 7) is 3.83. The molecule has 39 heavy (non-hydrogen) atoms. The number of amides is 3. The van der Waals surface area contributed by atoms with Gasteiger partial charge in [0.15, 0.2) is 0 Å². The molecule has 6 atom stereocenters. The van der Waals surface area contributed by atoms with E-state index in [1.165, 1.54) is 6.42 Å². The SMILES string of the molecule is Cc1ccc(NC(=O)[C@H]2[C@H]3C=C[C@]4(O3)[C@H](C(=O)NC3CCCCC3)N([C@H](C)c3ccccc3)C(=O)[C@@H]24)cc1Cl. The molecule has 2 aromatic rings. The third-order valence-corrected chi connectivity index (χ3v) is 9.36. The average molecular weight is 548 g/mol. The van der Waals surface area contributed by atoms with Gasteiger partial charge in [0, 0.05) is 16.8 Å². The van der Waals surface area contributed by atoms with Crippen molar-refractivity contribution < 1.29 is 19.1 Å². The Kier molecular flexibility index (Phi) is 6.76. The smallest absolute Gasteiger partial charge is 0.246 e. The van der Waals surface area contributed by atoms with Crippen LogP contribution in [0.1, 0.15) is 56.2 Å². The molecule has 4 aliphatic rings. The number of hydrogen-bond donors (Lipinski definition) is 2. The molecule has 2 N–H and O–H groups in total. The van der Waals surface area contributed by atoms with Gasteiger partial charge >= 0.3 is 0 Å². The first kappa shape index (κ1) is 26.1. The summed E-state index contributed by atoms with van der Waals surface area (Å²) in [7, 11) is 0. The largest absolute Gasteiger partial charge is 0.359 e. The lowest BCUT2D eigenvalue weighted by Gasteiger charge is -2.37. The second kappa shape index (κ2) is 10.1. The Balaban J connectivity index is 1.35. The zero-order valence-electron chi connectivity index (χ0n) is 22.2. The summed E-state index contributed by atoms with van der Waals surface area (Å²) in [6, 6.07) is 13.9. The number of carbonyl (C=O) groups is 3. The standard InChI is InChI=1S/C31H34ClN3O4/c1-18-13-14-22(17-23(18)32)34-28(36)25-24-15-16-31(39-24)26(25)30(38)35(19(2)20-9-5-3-6-10-20)27(31)29(37)33-21-11-7-4-8-12-21/h3,5-6,9-10,13-17,19,21,24-27H,4,7-8,11-12H2,1-2H3,(H,33,37)(H,34,36)/t19-,24-,25+,26-,27+,31-/m1/s1. The van der Waals surface area contributed by atoms with Crippen LogP contribution in [0.2, 0.25) is 5.02 Å². The number of nitrogens with one attached hydrogen (secondary N) is 2. The first-order chi connectivity index (χ1) is 18.8. The van der Waals surface area contributed by atoms with Gasteiger partial charge in [-0.05, 0) is 49.9 Å². The fraction of sp³-hybridized carbons (Fsp3) is 0.452. The molecule has 6 rings (SSSR count). The molecule has 3 fully saturated rings. The molecule has 3 aliphatic heterocycles. The van der Waals surface area contributed by atoms with Crippen LogP contribution >= 0.6 is 11.6 Å². The lowest BCUT2D eigenvalue weighted by molar-refractivity contribution is -0.143. The molecule has 2 aromatic carbocycles. The van der Waals surface area contributed by atoms with E-state index in [0.29, 0.717) is 10.7 Å². The molecular formula is C31H34ClN3O4. The molecule has 2 bridgehead atoms. The van der Waals surface area contributed by atoms with Gasteiger partial charge in [-0.3, -0.25) is 14.4 Å². The van der Waals surface area contributed by atoms with Crippen molar-refractivity contribution in [3.63, 3.8) is 0 Å². The minimum atomic E-state index is -1.20. The molecular weight excluding hydrogens is 514 g/mol. The average Bonchev–Trinajstić information content (AvgIpc) is 3.58. The Morgan fingerprint density at radius 1 is 1.08 bits per heavy atom. The van der Waals surface area contributed by atoms with E-state index in [1.807, 2.05) is 62.4 Å². The molecule has 1 aliphatic carbocycles. The van der Waals surface area contributed by atoms with E-state index in [1.54, 1.807) is 17.0 Å². The van der Waals surface area contributed by atoms with Gasteiger partial charge in [-0.15, -0.1) is 0 Å². The predicted octanol–water partition coefficient (Wildman–Crippen LogP) is 4.95. The number of aryl methyl sites for hydroxylation is 1. The number of rotatable bonds is 6. The summed E-state index contributed by atoms with van der Waals surface area (Å²) in [5, 5.41) is 6.73. The van der Waals surface area contributed by atoms with Crippen molar-refractivity contribution in [1.29, 1.82) is 0 Å². The highest BCUT2D eigenvalue weighted by molar-refractivity contribution is 6.31. The van der Waals surface area contributed by atoms with Crippen molar-refractivity contribution in [3.05, 3.63) is 76.8 Å². The monoisotopic (exact) mass is 547 g/mol. The quantitative estimate of drug-likeness (QED) is 0.501. The molecule has 0 radical (unpaired) electrons. The van der Waals surface area contributed by atoms with Gasteiger partial charge in [0.1, 0.15) is 11.6 Å². The van der Waals surface area contributed by atoms with E-state index in [0.717, 1.165) is 36.8 Å². The number of halogens is 1. The fourth-order valence-electron chi connectivity index (χ4n) is 6.94. The maximum atomic E-state index is 14.3.